The second-order valence-electron chi connectivity index (χ2n) is 3.64. The molecule has 1 unspecified atom stereocenters. The molecule has 0 fully saturated rings. The molecule has 6 heteroatoms. The molecule has 0 amide bonds. The van der Waals surface area contributed by atoms with E-state index >= 15 is 0 Å². The number of hydrogen-bond acceptors (Lipinski definition) is 4. The number of rotatable bonds is 5. The quantitative estimate of drug-likeness (QED) is 0.795. The fourth-order valence-electron chi connectivity index (χ4n) is 1.48. The second-order valence-corrected chi connectivity index (χ2v) is 4.02. The molecule has 0 radical (unpaired) electrons. The summed E-state index contributed by atoms with van der Waals surface area (Å²) >= 11 is 6.00. The third kappa shape index (κ3) is 3.45. The highest BCUT2D eigenvalue weighted by molar-refractivity contribution is 6.32. The van der Waals surface area contributed by atoms with Crippen LogP contribution in [0.3, 0.4) is 0 Å². The molecule has 2 N–H and O–H groups in total. The summed E-state index contributed by atoms with van der Waals surface area (Å²) in [6, 6.07) is 4.69. The number of benzene rings is 1. The number of halogens is 1. The smallest absolute Gasteiger partial charge is 0.337 e. The third-order valence-corrected chi connectivity index (χ3v) is 2.92. The van der Waals surface area contributed by atoms with E-state index in [1.165, 1.54) is 13.2 Å². The number of methoxy groups -OCH3 is 1. The normalized spacial score (nSPS) is 11.9. The summed E-state index contributed by atoms with van der Waals surface area (Å²) in [7, 11) is 1.29. The molecule has 0 bridgehead atoms. The van der Waals surface area contributed by atoms with Crippen molar-refractivity contribution < 1.29 is 24.5 Å². The van der Waals surface area contributed by atoms with Gasteiger partial charge in [0.15, 0.2) is 6.10 Å². The Balaban J connectivity index is 2.91. The maximum Gasteiger partial charge on any atom is 0.337 e. The Morgan fingerprint density at radius 1 is 1.44 bits per heavy atom. The monoisotopic (exact) mass is 272 g/mol. The van der Waals surface area contributed by atoms with E-state index in [4.69, 9.17) is 16.7 Å². The highest BCUT2D eigenvalue weighted by Gasteiger charge is 2.20. The largest absolute Gasteiger partial charge is 0.479 e. The molecule has 5 nitrogen and oxygen atoms in total. The zero-order valence-electron chi connectivity index (χ0n) is 9.72. The van der Waals surface area contributed by atoms with Crippen LogP contribution in [0.5, 0.6) is 0 Å². The van der Waals surface area contributed by atoms with Gasteiger partial charge >= 0.3 is 11.9 Å². The van der Waals surface area contributed by atoms with E-state index in [-0.39, 0.29) is 23.0 Å². The van der Waals surface area contributed by atoms with Gasteiger partial charge in [-0.1, -0.05) is 29.8 Å². The van der Waals surface area contributed by atoms with Gasteiger partial charge in [0.2, 0.25) is 0 Å². The van der Waals surface area contributed by atoms with Crippen LogP contribution in [0.1, 0.15) is 23.7 Å². The number of ether oxygens (including phenoxy) is 1. The summed E-state index contributed by atoms with van der Waals surface area (Å²) in [6.45, 7) is 0. The van der Waals surface area contributed by atoms with Crippen LogP contribution in [0.25, 0.3) is 0 Å². The average Bonchev–Trinajstić information content (AvgIpc) is 2.36. The number of aryl methyl sites for hydroxylation is 1. The molecule has 1 aromatic rings. The summed E-state index contributed by atoms with van der Waals surface area (Å²) < 4.78 is 4.50. The van der Waals surface area contributed by atoms with Gasteiger partial charge in [0, 0.05) is 12.0 Å². The maximum absolute atomic E-state index is 11.0. The van der Waals surface area contributed by atoms with Gasteiger partial charge in [0.1, 0.15) is 0 Å². The van der Waals surface area contributed by atoms with Crippen molar-refractivity contribution in [2.24, 2.45) is 0 Å². The van der Waals surface area contributed by atoms with E-state index in [1.54, 1.807) is 12.1 Å². The maximum atomic E-state index is 11.0. The van der Waals surface area contributed by atoms with Gasteiger partial charge in [0.05, 0.1) is 12.1 Å². The Labute approximate surface area is 109 Å². The van der Waals surface area contributed by atoms with Crippen LogP contribution < -0.4 is 0 Å². The Kier molecular flexibility index (Phi) is 5.12. The number of aliphatic carboxylic acids is 1. The Bertz CT molecular complexity index is 458. The van der Waals surface area contributed by atoms with Gasteiger partial charge < -0.3 is 14.9 Å². The molecule has 0 spiro atoms. The fourth-order valence-corrected chi connectivity index (χ4v) is 1.80. The molecule has 0 saturated heterocycles. The Morgan fingerprint density at radius 2 is 2.11 bits per heavy atom. The molecular formula is C12H13ClO5. The number of esters is 1. The molecule has 0 saturated carbocycles. The number of carboxylic acid groups (broad SMARTS) is 1. The molecule has 0 aromatic heterocycles. The molecular weight excluding hydrogens is 260 g/mol. The van der Waals surface area contributed by atoms with Crippen molar-refractivity contribution in [1.29, 1.82) is 0 Å². The minimum Gasteiger partial charge on any atom is -0.479 e. The SMILES string of the molecule is COC(=O)CCc1cccc(C(O)C(=O)O)c1Cl. The third-order valence-electron chi connectivity index (χ3n) is 2.46. The van der Waals surface area contributed by atoms with Crippen LogP contribution in [0, 0.1) is 0 Å². The molecule has 0 aliphatic rings. The van der Waals surface area contributed by atoms with Crippen molar-refractivity contribution in [1.82, 2.24) is 0 Å². The highest BCUT2D eigenvalue weighted by atomic mass is 35.5. The van der Waals surface area contributed by atoms with Gasteiger partial charge in [-0.3, -0.25) is 4.79 Å². The van der Waals surface area contributed by atoms with Crippen molar-refractivity contribution in [2.75, 3.05) is 7.11 Å². The molecule has 1 aromatic carbocycles. The van der Waals surface area contributed by atoms with Crippen molar-refractivity contribution in [3.8, 4) is 0 Å². The first-order valence-electron chi connectivity index (χ1n) is 5.22. The molecule has 1 rings (SSSR count). The van der Waals surface area contributed by atoms with E-state index in [0.717, 1.165) is 0 Å². The summed E-state index contributed by atoms with van der Waals surface area (Å²) in [5.74, 6) is -1.75. The van der Waals surface area contributed by atoms with E-state index in [0.29, 0.717) is 12.0 Å². The lowest BCUT2D eigenvalue weighted by Crippen LogP contribution is -2.12. The van der Waals surface area contributed by atoms with Crippen LogP contribution in [0.2, 0.25) is 5.02 Å². The van der Waals surface area contributed by atoms with Crippen molar-refractivity contribution in [2.45, 2.75) is 18.9 Å². The molecule has 0 heterocycles. The molecule has 98 valence electrons. The van der Waals surface area contributed by atoms with Crippen molar-refractivity contribution >= 4 is 23.5 Å². The summed E-state index contributed by atoms with van der Waals surface area (Å²) in [5, 5.41) is 18.3. The standard InChI is InChI=1S/C12H13ClO5/c1-18-9(14)6-5-7-3-2-4-8(10(7)13)11(15)12(16)17/h2-4,11,15H,5-6H2,1H3,(H,16,17). The van der Waals surface area contributed by atoms with Gasteiger partial charge in [-0.15, -0.1) is 0 Å². The van der Waals surface area contributed by atoms with Crippen molar-refractivity contribution in [3.05, 3.63) is 34.3 Å². The average molecular weight is 273 g/mol. The number of hydrogen-bond donors (Lipinski definition) is 2. The number of aliphatic hydroxyl groups excluding tert-OH is 1. The predicted molar refractivity (Wildman–Crippen MR) is 64.4 cm³/mol. The lowest BCUT2D eigenvalue weighted by molar-refractivity contribution is -0.147. The lowest BCUT2D eigenvalue weighted by Gasteiger charge is -2.11. The first-order chi connectivity index (χ1) is 8.47. The van der Waals surface area contributed by atoms with Crippen LogP contribution in [0.4, 0.5) is 0 Å². The first kappa shape index (κ1) is 14.5. The molecule has 0 aliphatic carbocycles. The number of carbonyl (C=O) groups is 2. The van der Waals surface area contributed by atoms with E-state index in [9.17, 15) is 14.7 Å². The minimum atomic E-state index is -1.67. The number of aliphatic hydroxyl groups is 1. The van der Waals surface area contributed by atoms with Gasteiger partial charge in [-0.2, -0.15) is 0 Å². The van der Waals surface area contributed by atoms with Crippen LogP contribution >= 0.6 is 11.6 Å². The van der Waals surface area contributed by atoms with E-state index in [1.807, 2.05) is 0 Å². The van der Waals surface area contributed by atoms with Crippen molar-refractivity contribution in [3.63, 3.8) is 0 Å². The van der Waals surface area contributed by atoms with Gasteiger partial charge in [-0.25, -0.2) is 4.79 Å². The molecule has 18 heavy (non-hydrogen) atoms. The summed E-state index contributed by atoms with van der Waals surface area (Å²) in [6.07, 6.45) is -1.20. The minimum absolute atomic E-state index is 0.117. The lowest BCUT2D eigenvalue weighted by atomic mass is 10.0. The number of carboxylic acids is 1. The number of carbonyl (C=O) groups excluding carboxylic acids is 1. The van der Waals surface area contributed by atoms with Gasteiger partial charge in [0.25, 0.3) is 0 Å². The Hall–Kier alpha value is -1.59. The summed E-state index contributed by atoms with van der Waals surface area (Å²) in [4.78, 5) is 21.7. The Morgan fingerprint density at radius 3 is 2.67 bits per heavy atom. The zero-order chi connectivity index (χ0) is 13.7. The predicted octanol–water partition coefficient (Wildman–Crippen LogP) is 1.56. The zero-order valence-corrected chi connectivity index (χ0v) is 10.5. The second kappa shape index (κ2) is 6.37. The van der Waals surface area contributed by atoms with Crippen LogP contribution in [0.15, 0.2) is 18.2 Å². The van der Waals surface area contributed by atoms with Crippen LogP contribution in [-0.2, 0) is 20.7 Å². The van der Waals surface area contributed by atoms with Crippen LogP contribution in [-0.4, -0.2) is 29.3 Å². The van der Waals surface area contributed by atoms with E-state index < -0.39 is 12.1 Å². The summed E-state index contributed by atoms with van der Waals surface area (Å²) in [5.41, 5.74) is 0.714. The first-order valence-corrected chi connectivity index (χ1v) is 5.60. The topological polar surface area (TPSA) is 83.8 Å². The van der Waals surface area contributed by atoms with Gasteiger partial charge in [-0.05, 0) is 12.0 Å². The molecule has 0 aliphatic heterocycles. The van der Waals surface area contributed by atoms with E-state index in [2.05, 4.69) is 4.74 Å². The molecule has 1 atom stereocenters. The fraction of sp³-hybridized carbons (Fsp3) is 0.333. The highest BCUT2D eigenvalue weighted by Crippen LogP contribution is 2.27.